The number of nitrogens with zero attached hydrogens (tertiary/aromatic N) is 2. The van der Waals surface area contributed by atoms with E-state index in [1.807, 2.05) is 0 Å². The second kappa shape index (κ2) is 4.53. The number of methoxy groups -OCH3 is 1. The van der Waals surface area contributed by atoms with Gasteiger partial charge in [0.25, 0.3) is 5.91 Å². The number of nitrogens with one attached hydrogen (secondary N) is 1. The smallest absolute Gasteiger partial charge is 0.269 e. The molecule has 0 bridgehead atoms. The zero-order chi connectivity index (χ0) is 13.3. The Hall–Kier alpha value is -1.69. The average molecular weight is 250 g/mol. The Morgan fingerprint density at radius 1 is 1.50 bits per heavy atom. The van der Waals surface area contributed by atoms with Crippen LogP contribution in [-0.4, -0.2) is 35.4 Å². The van der Waals surface area contributed by atoms with Gasteiger partial charge in [0.15, 0.2) is 5.69 Å². The number of aromatic nitrogens is 2. The molecule has 0 saturated heterocycles. The quantitative estimate of drug-likeness (QED) is 0.825. The Bertz CT molecular complexity index is 444. The summed E-state index contributed by atoms with van der Waals surface area (Å²) in [6.45, 7) is 4.29. The molecule has 2 atom stereocenters. The number of primary amides is 1. The van der Waals surface area contributed by atoms with E-state index in [0.717, 1.165) is 6.42 Å². The van der Waals surface area contributed by atoms with Crippen LogP contribution in [-0.2, 0) is 4.74 Å². The molecule has 0 aliphatic heterocycles. The first kappa shape index (κ1) is 12.8. The number of hydrogen-bond donors (Lipinski definition) is 2. The van der Waals surface area contributed by atoms with Gasteiger partial charge in [0.2, 0.25) is 0 Å². The molecule has 3 N–H and O–H groups in total. The molecule has 1 fully saturated rings. The van der Waals surface area contributed by atoms with Crippen molar-refractivity contribution in [1.29, 1.82) is 0 Å². The summed E-state index contributed by atoms with van der Waals surface area (Å²) >= 11 is 0. The normalized spacial score (nSPS) is 25.3. The van der Waals surface area contributed by atoms with Crippen molar-refractivity contribution in [2.24, 2.45) is 11.1 Å². The van der Waals surface area contributed by atoms with Crippen LogP contribution in [0.5, 0.6) is 0 Å². The average Bonchev–Trinajstić information content (AvgIpc) is 2.34. The molecule has 1 amide bonds. The molecule has 1 aliphatic rings. The molecule has 0 aromatic carbocycles. The second-order valence-corrected chi connectivity index (χ2v) is 5.15. The molecule has 2 unspecified atom stereocenters. The summed E-state index contributed by atoms with van der Waals surface area (Å²) in [5.74, 6) is 0.0742. The van der Waals surface area contributed by atoms with Gasteiger partial charge < -0.3 is 15.8 Å². The molecule has 1 saturated carbocycles. The van der Waals surface area contributed by atoms with Gasteiger partial charge in [-0.3, -0.25) is 4.79 Å². The van der Waals surface area contributed by atoms with Crippen LogP contribution in [0.25, 0.3) is 0 Å². The minimum atomic E-state index is -0.572. The largest absolute Gasteiger partial charge is 0.381 e. The standard InChI is InChI=1S/C12H18N4O2/c1-12(2)8(6-9(12)18-3)14-10-5-4-7(11(13)17)15-16-10/h4-5,8-9H,6H2,1-3H3,(H2,13,17)(H,14,16). The molecule has 98 valence electrons. The van der Waals surface area contributed by atoms with Gasteiger partial charge in [0.05, 0.1) is 6.10 Å². The van der Waals surface area contributed by atoms with Crippen molar-refractivity contribution in [3.05, 3.63) is 17.8 Å². The molecule has 6 nitrogen and oxygen atoms in total. The number of hydrogen-bond acceptors (Lipinski definition) is 5. The van der Waals surface area contributed by atoms with E-state index in [1.165, 1.54) is 0 Å². The van der Waals surface area contributed by atoms with Crippen molar-refractivity contribution in [1.82, 2.24) is 10.2 Å². The molecular weight excluding hydrogens is 232 g/mol. The number of anilines is 1. The van der Waals surface area contributed by atoms with E-state index in [4.69, 9.17) is 10.5 Å². The lowest BCUT2D eigenvalue weighted by molar-refractivity contribution is -0.0795. The van der Waals surface area contributed by atoms with Gasteiger partial charge in [-0.2, -0.15) is 0 Å². The third kappa shape index (κ3) is 2.15. The van der Waals surface area contributed by atoms with E-state index in [9.17, 15) is 4.79 Å². The Morgan fingerprint density at radius 2 is 2.22 bits per heavy atom. The maximum Gasteiger partial charge on any atom is 0.269 e. The molecule has 1 aliphatic carbocycles. The van der Waals surface area contributed by atoms with Gasteiger partial charge in [0.1, 0.15) is 5.82 Å². The summed E-state index contributed by atoms with van der Waals surface area (Å²) < 4.78 is 5.38. The van der Waals surface area contributed by atoms with Gasteiger partial charge in [-0.1, -0.05) is 13.8 Å². The maximum absolute atomic E-state index is 10.9. The van der Waals surface area contributed by atoms with Crippen molar-refractivity contribution in [3.63, 3.8) is 0 Å². The Kier molecular flexibility index (Phi) is 3.21. The van der Waals surface area contributed by atoms with E-state index >= 15 is 0 Å². The topological polar surface area (TPSA) is 90.1 Å². The fourth-order valence-electron chi connectivity index (χ4n) is 2.25. The highest BCUT2D eigenvalue weighted by Crippen LogP contribution is 2.43. The molecule has 1 heterocycles. The first-order chi connectivity index (χ1) is 8.45. The number of rotatable bonds is 4. The minimum absolute atomic E-state index is 0.0544. The van der Waals surface area contributed by atoms with Crippen LogP contribution in [0.3, 0.4) is 0 Å². The molecule has 0 radical (unpaired) electrons. The Morgan fingerprint density at radius 3 is 2.67 bits per heavy atom. The van der Waals surface area contributed by atoms with E-state index in [1.54, 1.807) is 19.2 Å². The predicted octanol–water partition coefficient (Wildman–Crippen LogP) is 0.801. The van der Waals surface area contributed by atoms with E-state index in [2.05, 4.69) is 29.4 Å². The summed E-state index contributed by atoms with van der Waals surface area (Å²) in [5, 5.41) is 11.0. The van der Waals surface area contributed by atoms with Gasteiger partial charge >= 0.3 is 0 Å². The number of amides is 1. The fourth-order valence-corrected chi connectivity index (χ4v) is 2.25. The molecule has 0 spiro atoms. The molecule has 6 heteroatoms. The van der Waals surface area contributed by atoms with Gasteiger partial charge in [-0.05, 0) is 18.6 Å². The monoisotopic (exact) mass is 250 g/mol. The summed E-state index contributed by atoms with van der Waals surface area (Å²) in [5.41, 5.74) is 5.33. The fraction of sp³-hybridized carbons (Fsp3) is 0.583. The predicted molar refractivity (Wildman–Crippen MR) is 67.2 cm³/mol. The first-order valence-electron chi connectivity index (χ1n) is 5.88. The molecule has 1 aromatic heterocycles. The van der Waals surface area contributed by atoms with E-state index in [0.29, 0.717) is 5.82 Å². The molecule has 2 rings (SSSR count). The lowest BCUT2D eigenvalue weighted by Gasteiger charge is -2.51. The number of carbonyl (C=O) groups excluding carboxylic acids is 1. The SMILES string of the molecule is COC1CC(Nc2ccc(C(N)=O)nn2)C1(C)C. The van der Waals surface area contributed by atoms with Crippen LogP contribution < -0.4 is 11.1 Å². The van der Waals surface area contributed by atoms with Crippen molar-refractivity contribution in [2.75, 3.05) is 12.4 Å². The van der Waals surface area contributed by atoms with Crippen LogP contribution in [0, 0.1) is 5.41 Å². The number of ether oxygens (including phenoxy) is 1. The Labute approximate surface area is 106 Å². The van der Waals surface area contributed by atoms with Crippen molar-refractivity contribution in [2.45, 2.75) is 32.4 Å². The van der Waals surface area contributed by atoms with Crippen molar-refractivity contribution in [3.8, 4) is 0 Å². The number of nitrogens with two attached hydrogens (primary N) is 1. The van der Waals surface area contributed by atoms with Crippen molar-refractivity contribution >= 4 is 11.7 Å². The second-order valence-electron chi connectivity index (χ2n) is 5.15. The van der Waals surface area contributed by atoms with Gasteiger partial charge in [-0.15, -0.1) is 10.2 Å². The summed E-state index contributed by atoms with van der Waals surface area (Å²) in [4.78, 5) is 10.9. The highest BCUT2D eigenvalue weighted by molar-refractivity contribution is 5.90. The zero-order valence-electron chi connectivity index (χ0n) is 10.8. The first-order valence-corrected chi connectivity index (χ1v) is 5.88. The lowest BCUT2D eigenvalue weighted by atomic mass is 9.64. The minimum Gasteiger partial charge on any atom is -0.381 e. The highest BCUT2D eigenvalue weighted by atomic mass is 16.5. The van der Waals surface area contributed by atoms with Crippen LogP contribution >= 0.6 is 0 Å². The molecule has 1 aromatic rings. The third-order valence-corrected chi connectivity index (χ3v) is 3.70. The van der Waals surface area contributed by atoms with Crippen LogP contribution in [0.2, 0.25) is 0 Å². The molecular formula is C12H18N4O2. The van der Waals surface area contributed by atoms with E-state index < -0.39 is 5.91 Å². The van der Waals surface area contributed by atoms with Crippen LogP contribution in [0.1, 0.15) is 30.8 Å². The summed E-state index contributed by atoms with van der Waals surface area (Å²) in [6, 6.07) is 3.57. The Balaban J connectivity index is 2.01. The third-order valence-electron chi connectivity index (χ3n) is 3.70. The maximum atomic E-state index is 10.9. The van der Waals surface area contributed by atoms with Crippen LogP contribution in [0.15, 0.2) is 12.1 Å². The van der Waals surface area contributed by atoms with Gasteiger partial charge in [-0.25, -0.2) is 0 Å². The van der Waals surface area contributed by atoms with Crippen molar-refractivity contribution < 1.29 is 9.53 Å². The van der Waals surface area contributed by atoms with Gasteiger partial charge in [0, 0.05) is 18.6 Å². The molecule has 18 heavy (non-hydrogen) atoms. The van der Waals surface area contributed by atoms with E-state index in [-0.39, 0.29) is 23.3 Å². The number of carbonyl (C=O) groups is 1. The summed E-state index contributed by atoms with van der Waals surface area (Å²) in [6.07, 6.45) is 1.19. The zero-order valence-corrected chi connectivity index (χ0v) is 10.8. The van der Waals surface area contributed by atoms with Crippen LogP contribution in [0.4, 0.5) is 5.82 Å². The summed E-state index contributed by atoms with van der Waals surface area (Å²) in [7, 11) is 1.73. The highest BCUT2D eigenvalue weighted by Gasteiger charge is 2.48. The lowest BCUT2D eigenvalue weighted by Crippen LogP contribution is -2.57.